The van der Waals surface area contributed by atoms with Crippen LogP contribution in [0.15, 0.2) is 77.9 Å². The zero-order chi connectivity index (χ0) is 20.3. The Morgan fingerprint density at radius 3 is 2.33 bits per heavy atom. The van der Waals surface area contributed by atoms with Crippen molar-refractivity contribution in [3.05, 3.63) is 83.4 Å². The van der Waals surface area contributed by atoms with Gasteiger partial charge in [0.15, 0.2) is 0 Å². The molecule has 0 amide bonds. The van der Waals surface area contributed by atoms with Gasteiger partial charge in [0, 0.05) is 18.7 Å². The maximum Gasteiger partial charge on any atom is 0.297 e. The minimum atomic E-state index is -0.197. The van der Waals surface area contributed by atoms with Crippen LogP contribution in [-0.4, -0.2) is 51.1 Å². The van der Waals surface area contributed by atoms with Crippen molar-refractivity contribution < 1.29 is 4.74 Å². The van der Waals surface area contributed by atoms with Crippen LogP contribution in [-0.2, 0) is 4.74 Å². The Kier molecular flexibility index (Phi) is 4.82. The van der Waals surface area contributed by atoms with Crippen molar-refractivity contribution in [2.75, 3.05) is 31.2 Å². The summed E-state index contributed by atoms with van der Waals surface area (Å²) in [7, 11) is 0. The Labute approximate surface area is 173 Å². The van der Waals surface area contributed by atoms with Gasteiger partial charge in [0.05, 0.1) is 31.3 Å². The molecule has 1 aliphatic heterocycles. The number of hydrogen-bond donors (Lipinski definition) is 0. The number of hydrogen-bond acceptors (Lipinski definition) is 6. The monoisotopic (exact) mass is 400 g/mol. The number of rotatable bonds is 4. The van der Waals surface area contributed by atoms with Crippen molar-refractivity contribution in [3.8, 4) is 22.6 Å². The second-order valence-electron chi connectivity index (χ2n) is 6.94. The molecule has 8 nitrogen and oxygen atoms in total. The van der Waals surface area contributed by atoms with Crippen LogP contribution in [0.1, 0.15) is 0 Å². The molecular formula is C22H20N6O2. The van der Waals surface area contributed by atoms with Crippen LogP contribution < -0.4 is 10.5 Å². The van der Waals surface area contributed by atoms with Gasteiger partial charge < -0.3 is 9.64 Å². The molecule has 30 heavy (non-hydrogen) atoms. The summed E-state index contributed by atoms with van der Waals surface area (Å²) in [6.07, 6.45) is 3.49. The number of ether oxygens (including phenoxy) is 1. The minimum Gasteiger partial charge on any atom is -0.378 e. The molecular weight excluding hydrogens is 380 g/mol. The van der Waals surface area contributed by atoms with E-state index in [1.807, 2.05) is 71.8 Å². The summed E-state index contributed by atoms with van der Waals surface area (Å²) in [5.74, 6) is 0. The Morgan fingerprint density at radius 1 is 0.900 bits per heavy atom. The lowest BCUT2D eigenvalue weighted by atomic mass is 10.2. The Bertz CT molecular complexity index is 1200. The fraction of sp³-hybridized carbons (Fsp3) is 0.182. The third-order valence-electron chi connectivity index (χ3n) is 5.07. The lowest BCUT2D eigenvalue weighted by molar-refractivity contribution is 0.122. The Hall–Kier alpha value is -3.78. The predicted octanol–water partition coefficient (Wildman–Crippen LogP) is 2.32. The zero-order valence-electron chi connectivity index (χ0n) is 16.3. The summed E-state index contributed by atoms with van der Waals surface area (Å²) in [5.41, 5.74) is 3.35. The normalized spacial score (nSPS) is 14.1. The number of aromatic nitrogens is 5. The molecule has 0 aliphatic carbocycles. The molecule has 4 aromatic rings. The van der Waals surface area contributed by atoms with Crippen molar-refractivity contribution >= 4 is 5.69 Å². The Morgan fingerprint density at radius 2 is 1.60 bits per heavy atom. The molecule has 5 rings (SSSR count). The van der Waals surface area contributed by atoms with E-state index in [0.717, 1.165) is 11.3 Å². The number of para-hydroxylation sites is 1. The zero-order valence-corrected chi connectivity index (χ0v) is 16.3. The summed E-state index contributed by atoms with van der Waals surface area (Å²) >= 11 is 0. The van der Waals surface area contributed by atoms with E-state index in [4.69, 9.17) is 4.74 Å². The van der Waals surface area contributed by atoms with Crippen LogP contribution in [0.3, 0.4) is 0 Å². The summed E-state index contributed by atoms with van der Waals surface area (Å²) in [5, 5.41) is 13.0. The molecule has 0 unspecified atom stereocenters. The largest absolute Gasteiger partial charge is 0.378 e. The molecule has 2 aromatic heterocycles. The van der Waals surface area contributed by atoms with E-state index in [0.29, 0.717) is 43.4 Å². The van der Waals surface area contributed by atoms with Gasteiger partial charge in [-0.1, -0.05) is 53.7 Å². The van der Waals surface area contributed by atoms with E-state index in [9.17, 15) is 4.79 Å². The fourth-order valence-electron chi connectivity index (χ4n) is 3.56. The van der Waals surface area contributed by atoms with Crippen LogP contribution in [0.4, 0.5) is 5.69 Å². The fourth-order valence-corrected chi connectivity index (χ4v) is 3.56. The van der Waals surface area contributed by atoms with Crippen LogP contribution in [0, 0.1) is 0 Å². The molecule has 0 radical (unpaired) electrons. The van der Waals surface area contributed by atoms with Crippen molar-refractivity contribution in [3.63, 3.8) is 0 Å². The second kappa shape index (κ2) is 7.92. The smallest absolute Gasteiger partial charge is 0.297 e. The molecule has 0 N–H and O–H groups in total. The standard InChI is InChI=1S/C22H20N6O2/c29-22-21(26-11-13-30-14-12-26)20(15-23-28(22)18-9-5-2-6-10-18)27-16-19(24-25-27)17-7-3-1-4-8-17/h1-10,15-16H,11-14H2. The van der Waals surface area contributed by atoms with Crippen molar-refractivity contribution in [2.24, 2.45) is 0 Å². The molecule has 2 aromatic carbocycles. The first-order valence-corrected chi connectivity index (χ1v) is 9.80. The average Bonchev–Trinajstić information content (AvgIpc) is 3.31. The molecule has 150 valence electrons. The lowest BCUT2D eigenvalue weighted by Crippen LogP contribution is -2.41. The number of anilines is 1. The van der Waals surface area contributed by atoms with Crippen LogP contribution in [0.5, 0.6) is 0 Å². The van der Waals surface area contributed by atoms with E-state index in [1.165, 1.54) is 4.68 Å². The van der Waals surface area contributed by atoms with Crippen LogP contribution >= 0.6 is 0 Å². The van der Waals surface area contributed by atoms with E-state index in [2.05, 4.69) is 15.4 Å². The highest BCUT2D eigenvalue weighted by Gasteiger charge is 2.23. The van der Waals surface area contributed by atoms with Crippen LogP contribution in [0.2, 0.25) is 0 Å². The van der Waals surface area contributed by atoms with Gasteiger partial charge in [-0.25, -0.2) is 4.68 Å². The molecule has 0 bridgehead atoms. The third kappa shape index (κ3) is 3.37. The summed E-state index contributed by atoms with van der Waals surface area (Å²) in [4.78, 5) is 15.5. The first kappa shape index (κ1) is 18.3. The highest BCUT2D eigenvalue weighted by Crippen LogP contribution is 2.23. The van der Waals surface area contributed by atoms with Crippen LogP contribution in [0.25, 0.3) is 22.6 Å². The van der Waals surface area contributed by atoms with Crippen molar-refractivity contribution in [2.45, 2.75) is 0 Å². The molecule has 1 fully saturated rings. The average molecular weight is 400 g/mol. The molecule has 1 saturated heterocycles. The first-order valence-electron chi connectivity index (χ1n) is 9.80. The van der Waals surface area contributed by atoms with E-state index in [1.54, 1.807) is 10.9 Å². The molecule has 3 heterocycles. The lowest BCUT2D eigenvalue weighted by Gasteiger charge is -2.29. The summed E-state index contributed by atoms with van der Waals surface area (Å²) in [6, 6.07) is 19.2. The summed E-state index contributed by atoms with van der Waals surface area (Å²) in [6.45, 7) is 2.39. The SMILES string of the molecule is O=c1c(N2CCOCC2)c(-n2cc(-c3ccccc3)nn2)cnn1-c1ccccc1. The predicted molar refractivity (Wildman–Crippen MR) is 113 cm³/mol. The molecule has 8 heteroatoms. The Balaban J connectivity index is 1.64. The van der Waals surface area contributed by atoms with E-state index >= 15 is 0 Å². The molecule has 0 spiro atoms. The highest BCUT2D eigenvalue weighted by atomic mass is 16.5. The number of morpholine rings is 1. The van der Waals surface area contributed by atoms with Gasteiger partial charge in [0.2, 0.25) is 0 Å². The maximum atomic E-state index is 13.5. The molecule has 1 aliphatic rings. The maximum absolute atomic E-state index is 13.5. The number of benzene rings is 2. The molecule has 0 saturated carbocycles. The second-order valence-corrected chi connectivity index (χ2v) is 6.94. The van der Waals surface area contributed by atoms with Crippen molar-refractivity contribution in [1.82, 2.24) is 24.8 Å². The quantitative estimate of drug-likeness (QED) is 0.523. The van der Waals surface area contributed by atoms with Gasteiger partial charge in [-0.3, -0.25) is 4.79 Å². The van der Waals surface area contributed by atoms with Crippen molar-refractivity contribution in [1.29, 1.82) is 0 Å². The van der Waals surface area contributed by atoms with E-state index in [-0.39, 0.29) is 5.56 Å². The molecule has 0 atom stereocenters. The summed E-state index contributed by atoms with van der Waals surface area (Å²) < 4.78 is 8.52. The van der Waals surface area contributed by atoms with Gasteiger partial charge in [0.1, 0.15) is 17.1 Å². The van der Waals surface area contributed by atoms with Gasteiger partial charge in [-0.05, 0) is 12.1 Å². The first-order chi connectivity index (χ1) is 14.8. The highest BCUT2D eigenvalue weighted by molar-refractivity contribution is 5.63. The topological polar surface area (TPSA) is 78.1 Å². The van der Waals surface area contributed by atoms with Gasteiger partial charge >= 0.3 is 0 Å². The van der Waals surface area contributed by atoms with E-state index < -0.39 is 0 Å². The van der Waals surface area contributed by atoms with Gasteiger partial charge in [0.25, 0.3) is 5.56 Å². The van der Waals surface area contributed by atoms with Gasteiger partial charge in [-0.15, -0.1) is 5.10 Å². The minimum absolute atomic E-state index is 0.197. The van der Waals surface area contributed by atoms with Gasteiger partial charge in [-0.2, -0.15) is 9.78 Å². The number of nitrogens with zero attached hydrogens (tertiary/aromatic N) is 6. The third-order valence-corrected chi connectivity index (χ3v) is 5.07.